The third-order valence-corrected chi connectivity index (χ3v) is 5.44. The summed E-state index contributed by atoms with van der Waals surface area (Å²) in [5, 5.41) is 15.7. The first-order chi connectivity index (χ1) is 13.8. The van der Waals surface area contributed by atoms with Gasteiger partial charge in [-0.05, 0) is 64.2 Å². The van der Waals surface area contributed by atoms with E-state index in [2.05, 4.69) is 21.7 Å². The fourth-order valence-electron chi connectivity index (χ4n) is 4.18. The molecule has 0 spiro atoms. The molecule has 7 heteroatoms. The molecule has 2 aliphatic heterocycles. The zero-order chi connectivity index (χ0) is 21.0. The van der Waals surface area contributed by atoms with Gasteiger partial charge in [0, 0.05) is 31.7 Å². The third-order valence-electron chi connectivity index (χ3n) is 5.44. The van der Waals surface area contributed by atoms with Crippen molar-refractivity contribution in [3.8, 4) is 6.07 Å². The third kappa shape index (κ3) is 5.41. The summed E-state index contributed by atoms with van der Waals surface area (Å²) in [4.78, 5) is 18.9. The van der Waals surface area contributed by atoms with Crippen LogP contribution < -0.4 is 10.6 Å². The maximum absolute atomic E-state index is 12.6. The minimum Gasteiger partial charge on any atom is -0.444 e. The number of benzene rings is 1. The molecular weight excluding hydrogens is 366 g/mol. The summed E-state index contributed by atoms with van der Waals surface area (Å²) in [5.74, 6) is 0.754. The number of rotatable bonds is 3. The van der Waals surface area contributed by atoms with Crippen LogP contribution in [-0.2, 0) is 11.3 Å². The highest BCUT2D eigenvalue weighted by Gasteiger charge is 2.45. The molecule has 156 valence electrons. The number of nitriles is 1. The van der Waals surface area contributed by atoms with Crippen molar-refractivity contribution in [1.29, 1.82) is 5.26 Å². The molecule has 7 nitrogen and oxygen atoms in total. The van der Waals surface area contributed by atoms with Crippen molar-refractivity contribution in [1.82, 2.24) is 15.5 Å². The normalized spacial score (nSPS) is 24.0. The molecule has 3 rings (SSSR count). The number of piperidine rings is 1. The quantitative estimate of drug-likeness (QED) is 0.604. The van der Waals surface area contributed by atoms with Crippen molar-refractivity contribution in [2.24, 2.45) is 4.99 Å². The molecule has 1 amide bonds. The number of hydrogen-bond acceptors (Lipinski definition) is 4. The van der Waals surface area contributed by atoms with E-state index in [-0.39, 0.29) is 24.2 Å². The molecule has 2 atom stereocenters. The van der Waals surface area contributed by atoms with Gasteiger partial charge in [0.05, 0.1) is 11.6 Å². The van der Waals surface area contributed by atoms with Crippen molar-refractivity contribution in [2.45, 2.75) is 76.7 Å². The van der Waals surface area contributed by atoms with Gasteiger partial charge in [-0.15, -0.1) is 0 Å². The van der Waals surface area contributed by atoms with Crippen LogP contribution in [0.4, 0.5) is 4.79 Å². The highest BCUT2D eigenvalue weighted by Crippen LogP contribution is 2.36. The van der Waals surface area contributed by atoms with Crippen molar-refractivity contribution in [3.05, 3.63) is 35.4 Å². The van der Waals surface area contributed by atoms with Crippen LogP contribution >= 0.6 is 0 Å². The number of nitrogens with one attached hydrogen (secondary N) is 2. The van der Waals surface area contributed by atoms with Gasteiger partial charge in [-0.1, -0.05) is 12.1 Å². The number of fused-ring (bicyclic) bond motifs is 2. The van der Waals surface area contributed by atoms with E-state index in [0.29, 0.717) is 12.1 Å². The second kappa shape index (κ2) is 8.73. The van der Waals surface area contributed by atoms with Gasteiger partial charge in [0.2, 0.25) is 0 Å². The lowest BCUT2D eigenvalue weighted by atomic mass is 9.98. The standard InChI is InChI=1S/C22H31N5O2/c1-22(2,3)29-21(28)27-18-9-10-19(27)12-17(11-18)26-20(24-4)25-14-16-7-5-15(13-23)6-8-16/h5-8,17-19H,9-12,14H2,1-4H3,(H2,24,25,26). The fraction of sp³-hybridized carbons (Fsp3) is 0.591. The maximum atomic E-state index is 12.6. The van der Waals surface area contributed by atoms with Gasteiger partial charge in [0.25, 0.3) is 0 Å². The van der Waals surface area contributed by atoms with Crippen molar-refractivity contribution >= 4 is 12.1 Å². The molecule has 2 fully saturated rings. The number of nitrogens with zero attached hydrogens (tertiary/aromatic N) is 3. The molecule has 0 radical (unpaired) electrons. The Hall–Kier alpha value is -2.75. The molecule has 0 saturated carbocycles. The number of hydrogen-bond donors (Lipinski definition) is 2. The number of carbonyl (C=O) groups excluding carboxylic acids is 1. The zero-order valence-corrected chi connectivity index (χ0v) is 17.7. The smallest absolute Gasteiger partial charge is 0.410 e. The van der Waals surface area contributed by atoms with E-state index < -0.39 is 5.60 Å². The summed E-state index contributed by atoms with van der Waals surface area (Å²) in [6.07, 6.45) is 3.66. The summed E-state index contributed by atoms with van der Waals surface area (Å²) < 4.78 is 5.61. The van der Waals surface area contributed by atoms with Crippen molar-refractivity contribution < 1.29 is 9.53 Å². The van der Waals surface area contributed by atoms with E-state index in [0.717, 1.165) is 37.2 Å². The lowest BCUT2D eigenvalue weighted by molar-refractivity contribution is 0.00545. The lowest BCUT2D eigenvalue weighted by Crippen LogP contribution is -2.54. The van der Waals surface area contributed by atoms with Crippen LogP contribution in [0.5, 0.6) is 0 Å². The van der Waals surface area contributed by atoms with Crippen LogP contribution in [0.25, 0.3) is 0 Å². The summed E-state index contributed by atoms with van der Waals surface area (Å²) in [7, 11) is 1.76. The van der Waals surface area contributed by atoms with Gasteiger partial charge in [-0.3, -0.25) is 4.99 Å². The summed E-state index contributed by atoms with van der Waals surface area (Å²) in [6, 6.07) is 10.4. The minimum absolute atomic E-state index is 0.188. The Balaban J connectivity index is 1.53. The summed E-state index contributed by atoms with van der Waals surface area (Å²) >= 11 is 0. The summed E-state index contributed by atoms with van der Waals surface area (Å²) in [6.45, 7) is 6.36. The number of aliphatic imine (C=N–C) groups is 1. The number of ether oxygens (including phenoxy) is 1. The van der Waals surface area contributed by atoms with Gasteiger partial charge in [-0.25, -0.2) is 4.79 Å². The SMILES string of the molecule is CN=C(NCc1ccc(C#N)cc1)NC1CC2CCC(C1)N2C(=O)OC(C)(C)C. The molecule has 29 heavy (non-hydrogen) atoms. The zero-order valence-electron chi connectivity index (χ0n) is 17.7. The van der Waals surface area contributed by atoms with Gasteiger partial charge < -0.3 is 20.3 Å². The Morgan fingerprint density at radius 1 is 1.24 bits per heavy atom. The molecule has 2 N–H and O–H groups in total. The predicted molar refractivity (Wildman–Crippen MR) is 112 cm³/mol. The maximum Gasteiger partial charge on any atom is 0.410 e. The Morgan fingerprint density at radius 3 is 2.38 bits per heavy atom. The molecule has 1 aromatic rings. The Bertz CT molecular complexity index is 777. The average Bonchev–Trinajstić information content (AvgIpc) is 2.95. The monoisotopic (exact) mass is 397 g/mol. The highest BCUT2D eigenvalue weighted by molar-refractivity contribution is 5.80. The molecule has 2 bridgehead atoms. The first kappa shape index (κ1) is 21.0. The molecule has 2 saturated heterocycles. The molecule has 1 aromatic carbocycles. The van der Waals surface area contributed by atoms with Gasteiger partial charge >= 0.3 is 6.09 Å². The van der Waals surface area contributed by atoms with Crippen LogP contribution in [-0.4, -0.2) is 47.7 Å². The van der Waals surface area contributed by atoms with Crippen LogP contribution in [0, 0.1) is 11.3 Å². The van der Waals surface area contributed by atoms with E-state index in [1.54, 1.807) is 7.05 Å². The molecule has 0 aliphatic carbocycles. The topological polar surface area (TPSA) is 89.8 Å². The number of carbonyl (C=O) groups is 1. The number of guanidine groups is 1. The van der Waals surface area contributed by atoms with E-state index in [1.165, 1.54) is 0 Å². The average molecular weight is 398 g/mol. The lowest BCUT2D eigenvalue weighted by Gasteiger charge is -2.40. The van der Waals surface area contributed by atoms with E-state index in [4.69, 9.17) is 10.00 Å². The van der Waals surface area contributed by atoms with Gasteiger partial charge in [0.15, 0.2) is 5.96 Å². The molecular formula is C22H31N5O2. The van der Waals surface area contributed by atoms with Crippen molar-refractivity contribution in [2.75, 3.05) is 7.05 Å². The van der Waals surface area contributed by atoms with E-state index >= 15 is 0 Å². The molecule has 2 heterocycles. The Labute approximate surface area is 173 Å². The molecule has 2 unspecified atom stereocenters. The van der Waals surface area contributed by atoms with E-state index in [9.17, 15) is 4.79 Å². The molecule has 0 aromatic heterocycles. The Kier molecular flexibility index (Phi) is 6.31. The van der Waals surface area contributed by atoms with Crippen LogP contribution in [0.2, 0.25) is 0 Å². The van der Waals surface area contributed by atoms with Crippen molar-refractivity contribution in [3.63, 3.8) is 0 Å². The molecule has 2 aliphatic rings. The highest BCUT2D eigenvalue weighted by atomic mass is 16.6. The van der Waals surface area contributed by atoms with Crippen LogP contribution in [0.3, 0.4) is 0 Å². The van der Waals surface area contributed by atoms with Crippen LogP contribution in [0.1, 0.15) is 57.6 Å². The fourth-order valence-corrected chi connectivity index (χ4v) is 4.18. The largest absolute Gasteiger partial charge is 0.444 e. The number of amides is 1. The van der Waals surface area contributed by atoms with E-state index in [1.807, 2.05) is 49.9 Å². The van der Waals surface area contributed by atoms with Gasteiger partial charge in [0.1, 0.15) is 5.60 Å². The first-order valence-corrected chi connectivity index (χ1v) is 10.3. The second-order valence-electron chi connectivity index (χ2n) is 8.82. The predicted octanol–water partition coefficient (Wildman–Crippen LogP) is 3.15. The Morgan fingerprint density at radius 2 is 1.86 bits per heavy atom. The summed E-state index contributed by atoms with van der Waals surface area (Å²) in [5.41, 5.74) is 1.28. The van der Waals surface area contributed by atoms with Gasteiger partial charge in [-0.2, -0.15) is 5.26 Å². The minimum atomic E-state index is -0.469. The second-order valence-corrected chi connectivity index (χ2v) is 8.82. The first-order valence-electron chi connectivity index (χ1n) is 10.3. The van der Waals surface area contributed by atoms with Crippen LogP contribution in [0.15, 0.2) is 29.3 Å².